The minimum absolute atomic E-state index is 0.489. The lowest BCUT2D eigenvalue weighted by molar-refractivity contribution is 0.415. The highest BCUT2D eigenvalue weighted by Crippen LogP contribution is 2.33. The number of aromatic nitrogens is 2. The van der Waals surface area contributed by atoms with Crippen LogP contribution >= 0.6 is 22.9 Å². The lowest BCUT2D eigenvalue weighted by Crippen LogP contribution is -1.89. The number of halogens is 1. The van der Waals surface area contributed by atoms with Crippen LogP contribution in [0.2, 0.25) is 5.02 Å². The Hall–Kier alpha value is -1.91. The van der Waals surface area contributed by atoms with Crippen molar-refractivity contribution in [2.75, 3.05) is 7.11 Å². The maximum Gasteiger partial charge on any atom is 0.142 e. The van der Waals surface area contributed by atoms with Crippen LogP contribution in [0.25, 0.3) is 27.7 Å². The second kappa shape index (κ2) is 5.23. The zero-order valence-corrected chi connectivity index (χ0v) is 12.3. The predicted octanol–water partition coefficient (Wildman–Crippen LogP) is 4.46. The van der Waals surface area contributed by atoms with E-state index in [1.54, 1.807) is 13.2 Å². The fourth-order valence-corrected chi connectivity index (χ4v) is 2.88. The third kappa shape index (κ3) is 2.17. The van der Waals surface area contributed by atoms with Gasteiger partial charge in [-0.25, -0.2) is 9.97 Å². The van der Waals surface area contributed by atoms with Crippen LogP contribution in [0.15, 0.2) is 30.2 Å². The predicted molar refractivity (Wildman–Crippen MR) is 83.3 cm³/mol. The van der Waals surface area contributed by atoms with Gasteiger partial charge in [0.1, 0.15) is 21.5 Å². The highest BCUT2D eigenvalue weighted by atomic mass is 35.5. The van der Waals surface area contributed by atoms with E-state index in [1.165, 1.54) is 11.3 Å². The number of nitrogens with zero attached hydrogens (tertiary/aromatic N) is 2. The number of fused-ring (bicyclic) bond motifs is 1. The first-order chi connectivity index (χ1) is 9.72. The maximum atomic E-state index is 6.29. The Morgan fingerprint density at radius 1 is 1.40 bits per heavy atom. The smallest absolute Gasteiger partial charge is 0.142 e. The van der Waals surface area contributed by atoms with Gasteiger partial charge in [-0.3, -0.25) is 0 Å². The van der Waals surface area contributed by atoms with Gasteiger partial charge in [-0.2, -0.15) is 0 Å². The Labute approximate surface area is 125 Å². The van der Waals surface area contributed by atoms with Gasteiger partial charge in [-0.15, -0.1) is 11.3 Å². The second-order valence-corrected chi connectivity index (χ2v) is 5.28. The van der Waals surface area contributed by atoms with Gasteiger partial charge in [0.25, 0.3) is 0 Å². The van der Waals surface area contributed by atoms with E-state index in [9.17, 15) is 0 Å². The molecule has 0 aliphatic heterocycles. The first-order valence-electron chi connectivity index (χ1n) is 5.86. The molecule has 3 aromatic rings. The van der Waals surface area contributed by atoms with Gasteiger partial charge in [0.2, 0.25) is 0 Å². The topological polar surface area (TPSA) is 35.0 Å². The van der Waals surface area contributed by atoms with Crippen molar-refractivity contribution in [1.29, 1.82) is 0 Å². The molecule has 0 aliphatic rings. The molecule has 2 aromatic heterocycles. The first-order valence-corrected chi connectivity index (χ1v) is 7.12. The monoisotopic (exact) mass is 301 g/mol. The van der Waals surface area contributed by atoms with Crippen molar-refractivity contribution in [1.82, 2.24) is 9.97 Å². The summed E-state index contributed by atoms with van der Waals surface area (Å²) in [7, 11) is 1.58. The molecule has 1 aromatic carbocycles. The van der Waals surface area contributed by atoms with Crippen molar-refractivity contribution in [3.05, 3.63) is 46.9 Å². The Balaban J connectivity index is 2.18. The standard InChI is InChI=1S/C15H10ClN2OS/c1-3-10-8-20-15(17-10)11-6-4-9-5-7-12(19-2)13(16)14(9)18-11/h3,5-8H,1H2,2H3. The number of rotatable bonds is 3. The van der Waals surface area contributed by atoms with Crippen LogP contribution in [0.3, 0.4) is 0 Å². The van der Waals surface area contributed by atoms with Gasteiger partial charge in [0.05, 0.1) is 18.3 Å². The Bertz CT molecular complexity index is 798. The molecule has 0 aliphatic carbocycles. The van der Waals surface area contributed by atoms with Crippen molar-refractivity contribution < 1.29 is 4.74 Å². The van der Waals surface area contributed by atoms with Crippen molar-refractivity contribution >= 4 is 39.9 Å². The van der Waals surface area contributed by atoms with Crippen LogP contribution < -0.4 is 4.74 Å². The summed E-state index contributed by atoms with van der Waals surface area (Å²) < 4.78 is 5.21. The number of thiazole rings is 1. The van der Waals surface area contributed by atoms with Crippen LogP contribution in [-0.4, -0.2) is 17.1 Å². The van der Waals surface area contributed by atoms with Gasteiger partial charge < -0.3 is 4.74 Å². The number of hydrogen-bond acceptors (Lipinski definition) is 4. The van der Waals surface area contributed by atoms with Crippen molar-refractivity contribution in [2.24, 2.45) is 0 Å². The average molecular weight is 302 g/mol. The minimum Gasteiger partial charge on any atom is -0.495 e. The van der Waals surface area contributed by atoms with Crippen LogP contribution in [0.1, 0.15) is 5.69 Å². The van der Waals surface area contributed by atoms with Crippen LogP contribution in [-0.2, 0) is 0 Å². The van der Waals surface area contributed by atoms with Crippen molar-refractivity contribution in [3.8, 4) is 16.5 Å². The summed E-state index contributed by atoms with van der Waals surface area (Å²) in [6.07, 6.45) is 1.71. The highest BCUT2D eigenvalue weighted by Gasteiger charge is 2.11. The summed E-state index contributed by atoms with van der Waals surface area (Å²) >= 11 is 7.81. The summed E-state index contributed by atoms with van der Waals surface area (Å²) in [4.78, 5) is 8.99. The molecule has 0 saturated carbocycles. The molecular weight excluding hydrogens is 292 g/mol. The van der Waals surface area contributed by atoms with E-state index < -0.39 is 0 Å². The van der Waals surface area contributed by atoms with Gasteiger partial charge in [-0.05, 0) is 30.3 Å². The van der Waals surface area contributed by atoms with Crippen molar-refractivity contribution in [3.63, 3.8) is 0 Å². The molecule has 0 saturated heterocycles. The van der Waals surface area contributed by atoms with Gasteiger partial charge in [-0.1, -0.05) is 18.2 Å². The van der Waals surface area contributed by atoms with E-state index >= 15 is 0 Å². The molecule has 0 amide bonds. The lowest BCUT2D eigenvalue weighted by atomic mass is 10.2. The van der Waals surface area contributed by atoms with Crippen LogP contribution in [0.5, 0.6) is 5.75 Å². The molecular formula is C15H10ClN2OS. The summed E-state index contributed by atoms with van der Waals surface area (Å²) in [6, 6.07) is 8.68. The molecule has 0 spiro atoms. The second-order valence-electron chi connectivity index (χ2n) is 4.05. The van der Waals surface area contributed by atoms with Crippen LogP contribution in [0.4, 0.5) is 0 Å². The normalized spacial score (nSPS) is 10.7. The van der Waals surface area contributed by atoms with Crippen LogP contribution in [0, 0.1) is 6.07 Å². The number of benzene rings is 1. The largest absolute Gasteiger partial charge is 0.495 e. The number of hydrogen-bond donors (Lipinski definition) is 0. The maximum absolute atomic E-state index is 6.29. The highest BCUT2D eigenvalue weighted by molar-refractivity contribution is 7.13. The van der Waals surface area contributed by atoms with E-state index in [0.29, 0.717) is 16.3 Å². The Morgan fingerprint density at radius 3 is 2.95 bits per heavy atom. The number of ether oxygens (including phenoxy) is 1. The molecule has 3 nitrogen and oxygen atoms in total. The van der Waals surface area contributed by atoms with Crippen molar-refractivity contribution in [2.45, 2.75) is 0 Å². The van der Waals surface area contributed by atoms with Gasteiger partial charge in [0.15, 0.2) is 0 Å². The third-order valence-electron chi connectivity index (χ3n) is 2.85. The molecule has 3 rings (SSSR count). The van der Waals surface area contributed by atoms with E-state index in [0.717, 1.165) is 21.8 Å². The fourth-order valence-electron chi connectivity index (χ4n) is 1.84. The summed E-state index contributed by atoms with van der Waals surface area (Å²) in [6.45, 7) is 3.70. The molecule has 5 heteroatoms. The zero-order valence-electron chi connectivity index (χ0n) is 10.7. The number of methoxy groups -OCH3 is 1. The summed E-state index contributed by atoms with van der Waals surface area (Å²) in [5.74, 6) is 0.600. The SMILES string of the molecule is C=Cc1csc(-c2c[c]c3ccc(OC)c(Cl)c3n2)n1. The molecule has 0 N–H and O–H groups in total. The quantitative estimate of drug-likeness (QED) is 0.716. The molecule has 1 radical (unpaired) electrons. The summed E-state index contributed by atoms with van der Waals surface area (Å²) in [5, 5.41) is 4.09. The molecule has 0 bridgehead atoms. The zero-order chi connectivity index (χ0) is 14.1. The van der Waals surface area contributed by atoms with Gasteiger partial charge in [0, 0.05) is 10.8 Å². The fraction of sp³-hybridized carbons (Fsp3) is 0.0667. The van der Waals surface area contributed by atoms with E-state index in [1.807, 2.05) is 23.6 Å². The minimum atomic E-state index is 0.489. The lowest BCUT2D eigenvalue weighted by Gasteiger charge is -2.06. The first kappa shape index (κ1) is 13.1. The van der Waals surface area contributed by atoms with E-state index in [2.05, 4.69) is 22.6 Å². The summed E-state index contributed by atoms with van der Waals surface area (Å²) in [5.41, 5.74) is 2.24. The Kier molecular flexibility index (Phi) is 3.42. The Morgan fingerprint density at radius 2 is 2.25 bits per heavy atom. The van der Waals surface area contributed by atoms with E-state index in [4.69, 9.17) is 16.3 Å². The molecule has 0 atom stereocenters. The molecule has 20 heavy (non-hydrogen) atoms. The third-order valence-corrected chi connectivity index (χ3v) is 4.10. The molecule has 99 valence electrons. The molecule has 2 heterocycles. The number of pyridine rings is 1. The van der Waals surface area contributed by atoms with E-state index in [-0.39, 0.29) is 0 Å². The average Bonchev–Trinajstić information content (AvgIpc) is 2.96. The molecule has 0 unspecified atom stereocenters. The van der Waals surface area contributed by atoms with Gasteiger partial charge >= 0.3 is 0 Å². The molecule has 0 fully saturated rings.